The summed E-state index contributed by atoms with van der Waals surface area (Å²) in [5.41, 5.74) is -0.157. The highest BCUT2D eigenvalue weighted by atomic mass is 16.3. The third kappa shape index (κ3) is 1.42. The third-order valence-electron chi connectivity index (χ3n) is 2.88. The Balaban J connectivity index is 3.10. The molecule has 0 atom stereocenters. The summed E-state index contributed by atoms with van der Waals surface area (Å²) in [6.45, 7) is 2.10. The maximum atomic E-state index is 12.0. The fraction of sp³-hybridized carbons (Fsp3) is 0.500. The molecule has 0 fully saturated rings. The van der Waals surface area contributed by atoms with Crippen LogP contribution < -0.4 is 11.2 Å². The second-order valence-electron chi connectivity index (χ2n) is 3.81. The van der Waals surface area contributed by atoms with E-state index in [4.69, 9.17) is 0 Å². The first kappa shape index (κ1) is 11.6. The first-order valence-electron chi connectivity index (χ1n) is 5.28. The molecule has 2 rings (SSSR count). The second-order valence-corrected chi connectivity index (χ2v) is 3.81. The molecule has 0 saturated carbocycles. The number of aryl methyl sites for hydroxylation is 2. The van der Waals surface area contributed by atoms with Gasteiger partial charge in [-0.25, -0.2) is 9.78 Å². The molecule has 0 radical (unpaired) electrons. The van der Waals surface area contributed by atoms with Crippen LogP contribution in [0.5, 0.6) is 0 Å². The number of hydrogen-bond donors (Lipinski definition) is 1. The Morgan fingerprint density at radius 2 is 1.88 bits per heavy atom. The molecule has 0 saturated heterocycles. The summed E-state index contributed by atoms with van der Waals surface area (Å²) in [4.78, 5) is 27.9. The molecule has 92 valence electrons. The van der Waals surface area contributed by atoms with Gasteiger partial charge in [0.1, 0.15) is 12.4 Å². The lowest BCUT2D eigenvalue weighted by atomic mass is 10.5. The molecular formula is C10H14N4O3. The van der Waals surface area contributed by atoms with Crippen LogP contribution in [0.4, 0.5) is 0 Å². The largest absolute Gasteiger partial charge is 0.388 e. The SMILES string of the molecule is CCn1c(CO)nc2c1c(=O)n(C)c(=O)n2C. The van der Waals surface area contributed by atoms with E-state index in [-0.39, 0.29) is 6.61 Å². The van der Waals surface area contributed by atoms with Crippen molar-refractivity contribution < 1.29 is 5.11 Å². The molecule has 0 aliphatic heterocycles. The van der Waals surface area contributed by atoms with Crippen LogP contribution in [0.25, 0.3) is 11.2 Å². The van der Waals surface area contributed by atoms with E-state index in [0.29, 0.717) is 23.5 Å². The fourth-order valence-electron chi connectivity index (χ4n) is 1.95. The van der Waals surface area contributed by atoms with Crippen LogP contribution in [0.2, 0.25) is 0 Å². The van der Waals surface area contributed by atoms with Crippen LogP contribution >= 0.6 is 0 Å². The van der Waals surface area contributed by atoms with E-state index in [0.717, 1.165) is 4.57 Å². The summed E-state index contributed by atoms with van der Waals surface area (Å²) < 4.78 is 3.97. The van der Waals surface area contributed by atoms with Crippen molar-refractivity contribution >= 4 is 11.2 Å². The minimum Gasteiger partial charge on any atom is -0.388 e. The predicted molar refractivity (Wildman–Crippen MR) is 61.8 cm³/mol. The Labute approximate surface area is 96.6 Å². The first-order valence-corrected chi connectivity index (χ1v) is 5.28. The molecule has 1 N–H and O–H groups in total. The molecular weight excluding hydrogens is 224 g/mol. The fourth-order valence-corrected chi connectivity index (χ4v) is 1.95. The number of aliphatic hydroxyl groups excluding tert-OH is 1. The summed E-state index contributed by atoms with van der Waals surface area (Å²) in [5.74, 6) is 0.390. The lowest BCUT2D eigenvalue weighted by molar-refractivity contribution is 0.266. The van der Waals surface area contributed by atoms with Gasteiger partial charge in [-0.3, -0.25) is 13.9 Å². The van der Waals surface area contributed by atoms with E-state index in [1.54, 1.807) is 11.6 Å². The van der Waals surface area contributed by atoms with E-state index in [1.807, 2.05) is 6.92 Å². The number of aromatic nitrogens is 4. The van der Waals surface area contributed by atoms with Gasteiger partial charge in [-0.05, 0) is 6.92 Å². The maximum Gasteiger partial charge on any atom is 0.332 e. The van der Waals surface area contributed by atoms with Gasteiger partial charge in [0.15, 0.2) is 11.2 Å². The summed E-state index contributed by atoms with van der Waals surface area (Å²) >= 11 is 0. The standard InChI is InChI=1S/C10H14N4O3/c1-4-14-6(5-15)11-8-7(14)9(16)13(3)10(17)12(8)2/h15H,4-5H2,1-3H3. The lowest BCUT2D eigenvalue weighted by Gasteiger charge is -2.05. The van der Waals surface area contributed by atoms with Gasteiger partial charge in [0, 0.05) is 20.6 Å². The topological polar surface area (TPSA) is 82.1 Å². The van der Waals surface area contributed by atoms with Crippen LogP contribution in [0.3, 0.4) is 0 Å². The van der Waals surface area contributed by atoms with Crippen molar-refractivity contribution in [2.45, 2.75) is 20.1 Å². The number of imidazole rings is 1. The van der Waals surface area contributed by atoms with Crippen molar-refractivity contribution in [2.75, 3.05) is 0 Å². The predicted octanol–water partition coefficient (Wildman–Crippen LogP) is -1.05. The Morgan fingerprint density at radius 3 is 2.41 bits per heavy atom. The molecule has 7 heteroatoms. The second kappa shape index (κ2) is 3.85. The summed E-state index contributed by atoms with van der Waals surface area (Å²) in [6.07, 6.45) is 0. The van der Waals surface area contributed by atoms with Crippen LogP contribution in [-0.4, -0.2) is 23.8 Å². The van der Waals surface area contributed by atoms with E-state index in [1.165, 1.54) is 11.6 Å². The molecule has 0 amide bonds. The quantitative estimate of drug-likeness (QED) is 0.723. The van der Waals surface area contributed by atoms with Gasteiger partial charge >= 0.3 is 5.69 Å². The summed E-state index contributed by atoms with van der Waals surface area (Å²) in [6, 6.07) is 0. The zero-order chi connectivity index (χ0) is 12.7. The molecule has 0 spiro atoms. The van der Waals surface area contributed by atoms with E-state index in [2.05, 4.69) is 4.98 Å². The Kier molecular flexibility index (Phi) is 2.62. The molecule has 0 aliphatic carbocycles. The minimum atomic E-state index is -0.423. The molecule has 0 aliphatic rings. The number of hydrogen-bond acceptors (Lipinski definition) is 4. The Morgan fingerprint density at radius 1 is 1.24 bits per heavy atom. The van der Waals surface area contributed by atoms with Crippen LogP contribution in [0, 0.1) is 0 Å². The average molecular weight is 238 g/mol. The van der Waals surface area contributed by atoms with Crippen molar-refractivity contribution in [1.29, 1.82) is 0 Å². The van der Waals surface area contributed by atoms with Crippen molar-refractivity contribution in [3.8, 4) is 0 Å². The van der Waals surface area contributed by atoms with Gasteiger partial charge in [0.25, 0.3) is 5.56 Å². The van der Waals surface area contributed by atoms with Crippen molar-refractivity contribution in [2.24, 2.45) is 14.1 Å². The number of rotatable bonds is 2. The molecule has 2 aromatic heterocycles. The van der Waals surface area contributed by atoms with Gasteiger partial charge in [0.05, 0.1) is 0 Å². The van der Waals surface area contributed by atoms with Crippen LogP contribution in [-0.2, 0) is 27.2 Å². The van der Waals surface area contributed by atoms with E-state index >= 15 is 0 Å². The number of aliphatic hydroxyl groups is 1. The normalized spacial score (nSPS) is 11.3. The zero-order valence-corrected chi connectivity index (χ0v) is 9.97. The number of nitrogens with zero attached hydrogens (tertiary/aromatic N) is 4. The summed E-state index contributed by atoms with van der Waals surface area (Å²) in [5, 5.41) is 9.19. The Bertz CT molecular complexity index is 692. The summed E-state index contributed by atoms with van der Waals surface area (Å²) in [7, 11) is 2.98. The molecule has 17 heavy (non-hydrogen) atoms. The molecule has 2 aromatic rings. The molecule has 0 aromatic carbocycles. The van der Waals surface area contributed by atoms with E-state index < -0.39 is 11.2 Å². The highest BCUT2D eigenvalue weighted by Crippen LogP contribution is 2.10. The van der Waals surface area contributed by atoms with Crippen molar-refractivity contribution in [3.63, 3.8) is 0 Å². The minimum absolute atomic E-state index is 0.264. The molecule has 7 nitrogen and oxygen atoms in total. The maximum absolute atomic E-state index is 12.0. The van der Waals surface area contributed by atoms with Gasteiger partial charge in [0.2, 0.25) is 0 Å². The van der Waals surface area contributed by atoms with Crippen LogP contribution in [0.1, 0.15) is 12.7 Å². The molecule has 0 bridgehead atoms. The average Bonchev–Trinajstić information content (AvgIpc) is 2.72. The highest BCUT2D eigenvalue weighted by Gasteiger charge is 2.17. The van der Waals surface area contributed by atoms with Gasteiger partial charge in [-0.15, -0.1) is 0 Å². The number of fused-ring (bicyclic) bond motifs is 1. The molecule has 2 heterocycles. The zero-order valence-electron chi connectivity index (χ0n) is 9.97. The Hall–Kier alpha value is -1.89. The van der Waals surface area contributed by atoms with Gasteiger partial charge in [-0.2, -0.15) is 0 Å². The first-order chi connectivity index (χ1) is 8.02. The van der Waals surface area contributed by atoms with E-state index in [9.17, 15) is 14.7 Å². The smallest absolute Gasteiger partial charge is 0.332 e. The lowest BCUT2D eigenvalue weighted by Crippen LogP contribution is -2.37. The highest BCUT2D eigenvalue weighted by molar-refractivity contribution is 5.70. The van der Waals surface area contributed by atoms with Gasteiger partial charge < -0.3 is 9.67 Å². The van der Waals surface area contributed by atoms with Crippen molar-refractivity contribution in [1.82, 2.24) is 18.7 Å². The van der Waals surface area contributed by atoms with Gasteiger partial charge in [-0.1, -0.05) is 0 Å². The molecule has 0 unspecified atom stereocenters. The third-order valence-corrected chi connectivity index (χ3v) is 2.88. The van der Waals surface area contributed by atoms with Crippen LogP contribution in [0.15, 0.2) is 9.59 Å². The van der Waals surface area contributed by atoms with Crippen molar-refractivity contribution in [3.05, 3.63) is 26.7 Å². The monoisotopic (exact) mass is 238 g/mol.